The normalized spacial score (nSPS) is 18.2. The summed E-state index contributed by atoms with van der Waals surface area (Å²) >= 11 is 1.64. The van der Waals surface area contributed by atoms with Crippen molar-refractivity contribution in [2.45, 2.75) is 38.7 Å². The number of ether oxygens (including phenoxy) is 1. The molecule has 0 radical (unpaired) electrons. The zero-order valence-corrected chi connectivity index (χ0v) is 21.9. The minimum atomic E-state index is -4.38. The van der Waals surface area contributed by atoms with Crippen molar-refractivity contribution < 1.29 is 27.4 Å². The summed E-state index contributed by atoms with van der Waals surface area (Å²) < 4.78 is 50.9. The molecule has 1 aliphatic rings. The second-order valence-electron chi connectivity index (χ2n) is 9.63. The molecular weight excluding hydrogens is 517 g/mol. The van der Waals surface area contributed by atoms with Crippen LogP contribution in [0.15, 0.2) is 53.1 Å². The van der Waals surface area contributed by atoms with Crippen LogP contribution in [0.25, 0.3) is 21.7 Å². The number of aromatic nitrogens is 2. The largest absolute Gasteiger partial charge is 0.491 e. The number of piperazine rings is 1. The first kappa shape index (κ1) is 26.6. The van der Waals surface area contributed by atoms with Gasteiger partial charge in [0, 0.05) is 50.4 Å². The fourth-order valence-electron chi connectivity index (χ4n) is 4.66. The van der Waals surface area contributed by atoms with Gasteiger partial charge in [0.15, 0.2) is 0 Å². The average molecular weight is 547 g/mol. The van der Waals surface area contributed by atoms with Crippen molar-refractivity contribution in [3.63, 3.8) is 0 Å². The highest BCUT2D eigenvalue weighted by Gasteiger charge is 2.30. The lowest BCUT2D eigenvalue weighted by molar-refractivity contribution is -0.137. The number of halogens is 3. The van der Waals surface area contributed by atoms with Crippen LogP contribution in [0, 0.1) is 6.92 Å². The molecule has 2 aromatic heterocycles. The van der Waals surface area contributed by atoms with Crippen molar-refractivity contribution >= 4 is 21.6 Å². The lowest BCUT2D eigenvalue weighted by atomic mass is 10.1. The van der Waals surface area contributed by atoms with E-state index >= 15 is 0 Å². The van der Waals surface area contributed by atoms with E-state index in [1.54, 1.807) is 17.6 Å². The van der Waals surface area contributed by atoms with Crippen molar-refractivity contribution in [3.8, 4) is 17.2 Å². The number of β-amino-alcohol motifs (C(OH)–C–C–N with tert-alkyl or cyclic N) is 1. The molecule has 0 spiro atoms. The summed E-state index contributed by atoms with van der Waals surface area (Å²) in [4.78, 5) is 13.5. The van der Waals surface area contributed by atoms with E-state index in [1.807, 2.05) is 25.1 Å². The molecule has 4 aromatic rings. The van der Waals surface area contributed by atoms with Gasteiger partial charge < -0.3 is 14.3 Å². The number of aliphatic hydroxyl groups is 1. The van der Waals surface area contributed by atoms with E-state index in [0.717, 1.165) is 52.7 Å². The van der Waals surface area contributed by atoms with Gasteiger partial charge in [-0.25, -0.2) is 9.97 Å². The number of aryl methyl sites for hydroxylation is 1. The second kappa shape index (κ2) is 11.0. The van der Waals surface area contributed by atoms with Crippen LogP contribution < -0.4 is 4.74 Å². The Bertz CT molecular complexity index is 1370. The maximum Gasteiger partial charge on any atom is 0.416 e. The average Bonchev–Trinajstić information content (AvgIpc) is 3.49. The molecule has 2 aromatic carbocycles. The first-order valence-corrected chi connectivity index (χ1v) is 13.2. The van der Waals surface area contributed by atoms with Crippen LogP contribution in [0.4, 0.5) is 13.2 Å². The lowest BCUT2D eigenvalue weighted by Crippen LogP contribution is -2.53. The van der Waals surface area contributed by atoms with Crippen molar-refractivity contribution in [1.82, 2.24) is 19.8 Å². The van der Waals surface area contributed by atoms with E-state index in [0.29, 0.717) is 30.3 Å². The fraction of sp³-hybridized carbons (Fsp3) is 0.407. The molecule has 5 rings (SSSR count). The monoisotopic (exact) mass is 546 g/mol. The maximum absolute atomic E-state index is 12.8. The Morgan fingerprint density at radius 1 is 1.16 bits per heavy atom. The third-order valence-corrected chi connectivity index (χ3v) is 7.55. The highest BCUT2D eigenvalue weighted by Crippen LogP contribution is 2.31. The Balaban J connectivity index is 1.09. The first-order chi connectivity index (χ1) is 18.1. The highest BCUT2D eigenvalue weighted by atomic mass is 32.1. The summed E-state index contributed by atoms with van der Waals surface area (Å²) in [5.41, 5.74) is 1.42. The van der Waals surface area contributed by atoms with Crippen LogP contribution in [0.2, 0.25) is 0 Å². The van der Waals surface area contributed by atoms with E-state index in [1.165, 1.54) is 12.1 Å². The van der Waals surface area contributed by atoms with Crippen LogP contribution in [-0.2, 0) is 12.7 Å². The molecule has 0 amide bonds. The number of thiazole rings is 1. The van der Waals surface area contributed by atoms with E-state index in [2.05, 4.69) is 26.7 Å². The maximum atomic E-state index is 12.8. The number of rotatable bonds is 8. The van der Waals surface area contributed by atoms with Gasteiger partial charge in [-0.15, -0.1) is 11.3 Å². The van der Waals surface area contributed by atoms with Crippen LogP contribution in [0.3, 0.4) is 0 Å². The summed E-state index contributed by atoms with van der Waals surface area (Å²) in [5.74, 6) is 0.996. The van der Waals surface area contributed by atoms with Gasteiger partial charge in [-0.05, 0) is 50.2 Å². The Morgan fingerprint density at radius 3 is 2.68 bits per heavy atom. The zero-order valence-electron chi connectivity index (χ0n) is 21.1. The number of hydrogen-bond acceptors (Lipinski definition) is 8. The highest BCUT2D eigenvalue weighted by molar-refractivity contribution is 7.18. The third-order valence-electron chi connectivity index (χ3n) is 6.60. The minimum Gasteiger partial charge on any atom is -0.491 e. The number of alkyl halides is 3. The number of fused-ring (bicyclic) bond motifs is 1. The molecule has 202 valence electrons. The van der Waals surface area contributed by atoms with Crippen molar-refractivity contribution in [3.05, 3.63) is 65.0 Å². The molecule has 1 fully saturated rings. The minimum absolute atomic E-state index is 0.202. The number of nitrogens with zero attached hydrogens (tertiary/aromatic N) is 4. The summed E-state index contributed by atoms with van der Waals surface area (Å²) in [7, 11) is 0. The van der Waals surface area contributed by atoms with Gasteiger partial charge in [0.25, 0.3) is 0 Å². The Kier molecular flexibility index (Phi) is 7.71. The zero-order chi connectivity index (χ0) is 26.9. The van der Waals surface area contributed by atoms with Crippen molar-refractivity contribution in [1.29, 1.82) is 0 Å². The molecule has 2 atom stereocenters. The summed E-state index contributed by atoms with van der Waals surface area (Å²) in [5, 5.41) is 11.6. The van der Waals surface area contributed by atoms with Gasteiger partial charge in [0.2, 0.25) is 5.89 Å². The molecule has 1 saturated heterocycles. The van der Waals surface area contributed by atoms with Gasteiger partial charge in [-0.1, -0.05) is 0 Å². The molecule has 38 heavy (non-hydrogen) atoms. The van der Waals surface area contributed by atoms with Gasteiger partial charge in [-0.2, -0.15) is 13.2 Å². The fourth-order valence-corrected chi connectivity index (χ4v) is 5.46. The van der Waals surface area contributed by atoms with E-state index in [-0.39, 0.29) is 12.6 Å². The molecule has 7 nitrogen and oxygen atoms in total. The Morgan fingerprint density at radius 2 is 1.95 bits per heavy atom. The van der Waals surface area contributed by atoms with Gasteiger partial charge in [0.05, 0.1) is 26.5 Å². The molecule has 0 bridgehead atoms. The van der Waals surface area contributed by atoms with Crippen molar-refractivity contribution in [2.24, 2.45) is 0 Å². The second-order valence-corrected chi connectivity index (χ2v) is 10.9. The van der Waals surface area contributed by atoms with E-state index < -0.39 is 17.8 Å². The van der Waals surface area contributed by atoms with Crippen LogP contribution in [-0.4, -0.2) is 69.8 Å². The molecular formula is C27H29F3N4O3S. The third kappa shape index (κ3) is 6.35. The predicted molar refractivity (Wildman–Crippen MR) is 139 cm³/mol. The van der Waals surface area contributed by atoms with Crippen LogP contribution >= 0.6 is 11.3 Å². The number of hydrogen-bond donors (Lipinski definition) is 1. The molecule has 3 heterocycles. The van der Waals surface area contributed by atoms with Gasteiger partial charge in [-0.3, -0.25) is 9.80 Å². The molecule has 0 saturated carbocycles. The first-order valence-electron chi connectivity index (χ1n) is 12.4. The van der Waals surface area contributed by atoms with Gasteiger partial charge in [0.1, 0.15) is 24.7 Å². The standard InChI is InChI=1S/C27H29F3N4O3S/c1-17-12-33(13-21-15-37-26(32-21)19-3-5-20(6-4-19)27(28,29)30)9-10-34(17)14-22(35)16-36-23-7-8-25-24(11-23)31-18(2)38-25/h3-8,11,15,17,22,35H,9-10,12-14,16H2,1-2H3/t17-,22+/m0/s1. The predicted octanol–water partition coefficient (Wildman–Crippen LogP) is 5.22. The molecule has 11 heteroatoms. The molecule has 1 N–H and O–H groups in total. The number of aliphatic hydroxyl groups excluding tert-OH is 1. The Labute approximate surface area is 222 Å². The number of oxazole rings is 1. The Hall–Kier alpha value is -2.99. The van der Waals surface area contributed by atoms with E-state index in [9.17, 15) is 18.3 Å². The van der Waals surface area contributed by atoms with Gasteiger partial charge >= 0.3 is 6.18 Å². The van der Waals surface area contributed by atoms with Crippen LogP contribution in [0.1, 0.15) is 23.2 Å². The molecule has 0 unspecified atom stereocenters. The molecule has 1 aliphatic heterocycles. The van der Waals surface area contributed by atoms with Crippen LogP contribution in [0.5, 0.6) is 5.75 Å². The topological polar surface area (TPSA) is 74.9 Å². The SMILES string of the molecule is Cc1nc2cc(OC[C@H](O)CN3CCN(Cc4coc(-c5ccc(C(F)(F)F)cc5)n4)C[C@@H]3C)ccc2s1. The lowest BCUT2D eigenvalue weighted by Gasteiger charge is -2.40. The summed E-state index contributed by atoms with van der Waals surface area (Å²) in [6.07, 6.45) is -3.45. The smallest absolute Gasteiger partial charge is 0.416 e. The number of benzene rings is 2. The summed E-state index contributed by atoms with van der Waals surface area (Å²) in [6.45, 7) is 7.74. The summed E-state index contributed by atoms with van der Waals surface area (Å²) in [6, 6.07) is 10.8. The van der Waals surface area contributed by atoms with Crippen molar-refractivity contribution in [2.75, 3.05) is 32.8 Å². The van der Waals surface area contributed by atoms with E-state index in [4.69, 9.17) is 9.15 Å². The quantitative estimate of drug-likeness (QED) is 0.325. The molecule has 0 aliphatic carbocycles.